The smallest absolute Gasteiger partial charge is 0.292 e. The molecule has 0 saturated carbocycles. The third kappa shape index (κ3) is 3.87. The molecule has 1 atom stereocenters. The maximum absolute atomic E-state index is 12.6. The Morgan fingerprint density at radius 2 is 1.85 bits per heavy atom. The molecule has 0 N–H and O–H groups in total. The fourth-order valence-electron chi connectivity index (χ4n) is 2.50. The predicted molar refractivity (Wildman–Crippen MR) is 90.2 cm³/mol. The summed E-state index contributed by atoms with van der Waals surface area (Å²) in [7, 11) is 0. The minimum Gasteiger partial charge on any atom is -0.292 e. The minimum absolute atomic E-state index is 0.0257. The summed E-state index contributed by atoms with van der Waals surface area (Å²) in [5.74, 6) is -1.82. The predicted octanol–water partition coefficient (Wildman–Crippen LogP) is 4.08. The van der Waals surface area contributed by atoms with Gasteiger partial charge in [-0.15, -0.1) is 0 Å². The van der Waals surface area contributed by atoms with Crippen molar-refractivity contribution in [3.8, 4) is 11.8 Å². The number of rotatable bonds is 4. The van der Waals surface area contributed by atoms with Gasteiger partial charge in [-0.3, -0.25) is 9.78 Å². The highest BCUT2D eigenvalue weighted by molar-refractivity contribution is 6.02. The molecule has 136 valence electrons. The van der Waals surface area contributed by atoms with Crippen LogP contribution in [0.5, 0.6) is 0 Å². The third-order valence-electron chi connectivity index (χ3n) is 3.93. The van der Waals surface area contributed by atoms with Crippen LogP contribution >= 0.6 is 0 Å². The molecule has 2 heterocycles. The average Bonchev–Trinajstić information content (AvgIpc) is 3.08. The molecule has 3 rings (SSSR count). The average molecular weight is 370 g/mol. The number of benzene rings is 1. The summed E-state index contributed by atoms with van der Waals surface area (Å²) in [6.07, 6.45) is -0.392. The molecular weight excluding hydrogens is 357 g/mol. The SMILES string of the molecule is Cc1cnn(-c2ccc(C(=O)C(C#N)c3ccc(C(F)(F)F)cn3)cc2)c1. The maximum Gasteiger partial charge on any atom is 0.417 e. The molecule has 0 spiro atoms. The zero-order chi connectivity index (χ0) is 19.6. The Bertz CT molecular complexity index is 999. The number of aromatic nitrogens is 3. The molecule has 0 aliphatic rings. The molecular formula is C19H13F3N4O. The van der Waals surface area contributed by atoms with E-state index >= 15 is 0 Å². The fraction of sp³-hybridized carbons (Fsp3) is 0.158. The number of halogens is 3. The molecule has 0 saturated heterocycles. The van der Waals surface area contributed by atoms with Crippen molar-refractivity contribution in [3.05, 3.63) is 77.4 Å². The van der Waals surface area contributed by atoms with E-state index in [1.165, 1.54) is 0 Å². The highest BCUT2D eigenvalue weighted by Gasteiger charge is 2.31. The summed E-state index contributed by atoms with van der Waals surface area (Å²) in [5, 5.41) is 13.5. The van der Waals surface area contributed by atoms with Crippen molar-refractivity contribution in [2.45, 2.75) is 19.0 Å². The Kier molecular flexibility index (Phi) is 4.77. The van der Waals surface area contributed by atoms with E-state index < -0.39 is 23.4 Å². The second kappa shape index (κ2) is 7.03. The lowest BCUT2D eigenvalue weighted by Crippen LogP contribution is -2.14. The Morgan fingerprint density at radius 3 is 2.33 bits per heavy atom. The first-order chi connectivity index (χ1) is 12.8. The second-order valence-electron chi connectivity index (χ2n) is 5.90. The van der Waals surface area contributed by atoms with Crippen LogP contribution in [0.1, 0.15) is 33.1 Å². The van der Waals surface area contributed by atoms with Crippen LogP contribution in [-0.4, -0.2) is 20.5 Å². The molecule has 1 unspecified atom stereocenters. The number of carbonyl (C=O) groups excluding carboxylic acids is 1. The molecule has 1 aromatic carbocycles. The summed E-state index contributed by atoms with van der Waals surface area (Å²) in [4.78, 5) is 16.3. The van der Waals surface area contributed by atoms with Crippen LogP contribution in [0.25, 0.3) is 5.69 Å². The summed E-state index contributed by atoms with van der Waals surface area (Å²) in [5.41, 5.74) is 1.02. The minimum atomic E-state index is -4.53. The van der Waals surface area contributed by atoms with Crippen LogP contribution in [-0.2, 0) is 6.18 Å². The first kappa shape index (κ1) is 18.3. The van der Waals surface area contributed by atoms with Crippen LogP contribution in [0.15, 0.2) is 55.0 Å². The van der Waals surface area contributed by atoms with Gasteiger partial charge in [0, 0.05) is 18.0 Å². The number of hydrogen-bond acceptors (Lipinski definition) is 4. The van der Waals surface area contributed by atoms with Crippen LogP contribution < -0.4 is 0 Å². The molecule has 5 nitrogen and oxygen atoms in total. The number of Topliss-reactive ketones (excluding diaryl/α,β-unsaturated/α-hetero) is 1. The van der Waals surface area contributed by atoms with Crippen LogP contribution in [0.2, 0.25) is 0 Å². The number of carbonyl (C=O) groups is 1. The van der Waals surface area contributed by atoms with E-state index in [9.17, 15) is 23.2 Å². The maximum atomic E-state index is 12.6. The normalized spacial score (nSPS) is 12.4. The van der Waals surface area contributed by atoms with E-state index in [1.807, 2.05) is 19.2 Å². The number of nitriles is 1. The fourth-order valence-corrected chi connectivity index (χ4v) is 2.50. The first-order valence-corrected chi connectivity index (χ1v) is 7.88. The van der Waals surface area contributed by atoms with E-state index in [0.29, 0.717) is 6.20 Å². The third-order valence-corrected chi connectivity index (χ3v) is 3.93. The number of ketones is 1. The van der Waals surface area contributed by atoms with Gasteiger partial charge in [0.2, 0.25) is 0 Å². The van der Waals surface area contributed by atoms with Gasteiger partial charge in [-0.25, -0.2) is 4.68 Å². The van der Waals surface area contributed by atoms with Crippen molar-refractivity contribution in [3.63, 3.8) is 0 Å². The molecule has 0 radical (unpaired) electrons. The van der Waals surface area contributed by atoms with Gasteiger partial charge in [-0.1, -0.05) is 0 Å². The summed E-state index contributed by atoms with van der Waals surface area (Å²) in [6.45, 7) is 1.90. The second-order valence-corrected chi connectivity index (χ2v) is 5.90. The number of pyridine rings is 1. The van der Waals surface area contributed by atoms with E-state index in [4.69, 9.17) is 0 Å². The quantitative estimate of drug-likeness (QED) is 0.649. The van der Waals surface area contributed by atoms with Gasteiger partial charge >= 0.3 is 6.18 Å². The molecule has 8 heteroatoms. The number of aryl methyl sites for hydroxylation is 1. The highest BCUT2D eigenvalue weighted by atomic mass is 19.4. The molecule has 0 bridgehead atoms. The number of nitrogens with zero attached hydrogens (tertiary/aromatic N) is 4. The van der Waals surface area contributed by atoms with Crippen molar-refractivity contribution in [1.82, 2.24) is 14.8 Å². The van der Waals surface area contributed by atoms with E-state index in [1.54, 1.807) is 35.1 Å². The Hall–Kier alpha value is -3.47. The van der Waals surface area contributed by atoms with Crippen LogP contribution in [0.3, 0.4) is 0 Å². The standard InChI is InChI=1S/C19H13F3N4O/c1-12-9-25-26(11-12)15-5-2-13(3-6-15)18(27)16(8-23)17-7-4-14(10-24-17)19(20,21)22/h2-7,9-11,16H,1H3. The lowest BCUT2D eigenvalue weighted by atomic mass is 9.95. The lowest BCUT2D eigenvalue weighted by molar-refractivity contribution is -0.137. The van der Waals surface area contributed by atoms with Crippen LogP contribution in [0.4, 0.5) is 13.2 Å². The molecule has 0 aliphatic heterocycles. The van der Waals surface area contributed by atoms with E-state index in [0.717, 1.165) is 23.4 Å². The molecule has 2 aromatic heterocycles. The molecule has 27 heavy (non-hydrogen) atoms. The van der Waals surface area contributed by atoms with Gasteiger partial charge in [0.05, 0.1) is 29.2 Å². The van der Waals surface area contributed by atoms with Gasteiger partial charge in [-0.2, -0.15) is 23.5 Å². The zero-order valence-corrected chi connectivity index (χ0v) is 14.1. The van der Waals surface area contributed by atoms with E-state index in [-0.39, 0.29) is 11.3 Å². The van der Waals surface area contributed by atoms with Gasteiger partial charge in [0.1, 0.15) is 0 Å². The molecule has 3 aromatic rings. The van der Waals surface area contributed by atoms with Gasteiger partial charge in [0.25, 0.3) is 0 Å². The van der Waals surface area contributed by atoms with Gasteiger partial charge < -0.3 is 0 Å². The first-order valence-electron chi connectivity index (χ1n) is 7.88. The monoisotopic (exact) mass is 370 g/mol. The van der Waals surface area contributed by atoms with Gasteiger partial charge in [-0.05, 0) is 48.9 Å². The topological polar surface area (TPSA) is 71.6 Å². The van der Waals surface area contributed by atoms with Crippen molar-refractivity contribution < 1.29 is 18.0 Å². The van der Waals surface area contributed by atoms with Crippen molar-refractivity contribution in [1.29, 1.82) is 5.26 Å². The van der Waals surface area contributed by atoms with Crippen molar-refractivity contribution in [2.24, 2.45) is 0 Å². The number of alkyl halides is 3. The molecule has 0 fully saturated rings. The largest absolute Gasteiger partial charge is 0.417 e. The zero-order valence-electron chi connectivity index (χ0n) is 14.1. The lowest BCUT2D eigenvalue weighted by Gasteiger charge is -2.10. The molecule has 0 amide bonds. The van der Waals surface area contributed by atoms with Gasteiger partial charge in [0.15, 0.2) is 11.7 Å². The van der Waals surface area contributed by atoms with Crippen molar-refractivity contribution >= 4 is 5.78 Å². The Labute approximate surface area is 152 Å². The highest BCUT2D eigenvalue weighted by Crippen LogP contribution is 2.29. The Morgan fingerprint density at radius 1 is 1.15 bits per heavy atom. The number of hydrogen-bond donors (Lipinski definition) is 0. The summed E-state index contributed by atoms with van der Waals surface area (Å²) >= 11 is 0. The molecule has 0 aliphatic carbocycles. The van der Waals surface area contributed by atoms with Crippen LogP contribution in [0, 0.1) is 18.3 Å². The van der Waals surface area contributed by atoms with Crippen molar-refractivity contribution in [2.75, 3.05) is 0 Å². The summed E-state index contributed by atoms with van der Waals surface area (Å²) < 4.78 is 39.5. The van der Waals surface area contributed by atoms with E-state index in [2.05, 4.69) is 10.1 Å². The summed E-state index contributed by atoms with van der Waals surface area (Å²) in [6, 6.07) is 10.1. The Balaban J connectivity index is 1.84.